The molecule has 0 bridgehead atoms. The van der Waals surface area contributed by atoms with E-state index in [4.69, 9.17) is 0 Å². The zero-order chi connectivity index (χ0) is 16.5. The Morgan fingerprint density at radius 2 is 0.958 bits per heavy atom. The highest BCUT2D eigenvalue weighted by Crippen LogP contribution is 2.32. The molecular weight excluding hydrogens is 290 g/mol. The Morgan fingerprint density at radius 3 is 1.54 bits per heavy atom. The van der Waals surface area contributed by atoms with Crippen LogP contribution < -0.4 is 0 Å². The van der Waals surface area contributed by atoms with Gasteiger partial charge >= 0.3 is 0 Å². The largest absolute Gasteiger partial charge is 0.303 e. The van der Waals surface area contributed by atoms with Gasteiger partial charge in [-0.2, -0.15) is 0 Å². The Balaban J connectivity index is 1.30. The summed E-state index contributed by atoms with van der Waals surface area (Å²) in [4.78, 5) is 2.81. The molecule has 1 nitrogen and oxygen atoms in total. The number of rotatable bonds is 5. The Labute approximate surface area is 152 Å². The highest BCUT2D eigenvalue weighted by Gasteiger charge is 2.23. The van der Waals surface area contributed by atoms with Crippen molar-refractivity contribution in [3.63, 3.8) is 0 Å². The van der Waals surface area contributed by atoms with Crippen LogP contribution in [0.3, 0.4) is 0 Å². The van der Waals surface area contributed by atoms with E-state index in [1.54, 1.807) is 19.3 Å². The van der Waals surface area contributed by atoms with Gasteiger partial charge in [-0.25, -0.2) is 0 Å². The highest BCUT2D eigenvalue weighted by molar-refractivity contribution is 4.77. The van der Waals surface area contributed by atoms with E-state index in [0.717, 1.165) is 17.8 Å². The molecule has 0 N–H and O–H groups in total. The third kappa shape index (κ3) is 6.70. The van der Waals surface area contributed by atoms with Crippen molar-refractivity contribution in [2.75, 3.05) is 19.6 Å². The zero-order valence-corrected chi connectivity index (χ0v) is 16.3. The molecule has 140 valence electrons. The first kappa shape index (κ1) is 18.7. The van der Waals surface area contributed by atoms with Crippen molar-refractivity contribution in [2.24, 2.45) is 17.8 Å². The van der Waals surface area contributed by atoms with E-state index < -0.39 is 0 Å². The van der Waals surface area contributed by atoms with Gasteiger partial charge in [-0.05, 0) is 63.1 Å². The minimum atomic E-state index is 1.05. The van der Waals surface area contributed by atoms with E-state index in [0.29, 0.717) is 0 Å². The third-order valence-corrected chi connectivity index (χ3v) is 7.43. The lowest BCUT2D eigenvalue weighted by Gasteiger charge is -2.34. The van der Waals surface area contributed by atoms with Crippen LogP contribution in [0.1, 0.15) is 109 Å². The summed E-state index contributed by atoms with van der Waals surface area (Å²) in [6, 6.07) is 0. The second kappa shape index (κ2) is 10.8. The second-order valence-electron chi connectivity index (χ2n) is 9.38. The first-order valence-electron chi connectivity index (χ1n) is 11.6. The molecule has 1 heterocycles. The SMILES string of the molecule is C1CCCC(CCN2CCC(CC3CCCCCC3)CC2)CCC1. The molecule has 0 atom stereocenters. The van der Waals surface area contributed by atoms with E-state index in [1.165, 1.54) is 110 Å². The third-order valence-electron chi connectivity index (χ3n) is 7.43. The highest BCUT2D eigenvalue weighted by atomic mass is 15.1. The number of piperidine rings is 1. The molecule has 1 heteroatoms. The molecule has 0 amide bonds. The van der Waals surface area contributed by atoms with Gasteiger partial charge in [0.2, 0.25) is 0 Å². The molecule has 0 aromatic rings. The maximum Gasteiger partial charge on any atom is -0.00161 e. The molecule has 3 rings (SSSR count). The number of likely N-dealkylation sites (tertiary alicyclic amines) is 1. The molecule has 0 unspecified atom stereocenters. The van der Waals surface area contributed by atoms with Gasteiger partial charge < -0.3 is 4.90 Å². The first-order chi connectivity index (χ1) is 11.9. The van der Waals surface area contributed by atoms with Gasteiger partial charge in [0.15, 0.2) is 0 Å². The topological polar surface area (TPSA) is 3.24 Å². The molecule has 0 radical (unpaired) electrons. The average Bonchev–Trinajstić information content (AvgIpc) is 2.84. The fourth-order valence-corrected chi connectivity index (χ4v) is 5.71. The molecule has 24 heavy (non-hydrogen) atoms. The molecule has 1 saturated heterocycles. The summed E-state index contributed by atoms with van der Waals surface area (Å²) in [5, 5.41) is 0. The smallest absolute Gasteiger partial charge is 0.00161 e. The van der Waals surface area contributed by atoms with Crippen LogP contribution in [-0.4, -0.2) is 24.5 Å². The van der Waals surface area contributed by atoms with Crippen LogP contribution in [-0.2, 0) is 0 Å². The Hall–Kier alpha value is -0.0400. The second-order valence-corrected chi connectivity index (χ2v) is 9.38. The number of nitrogens with zero attached hydrogens (tertiary/aromatic N) is 1. The van der Waals surface area contributed by atoms with Crippen molar-refractivity contribution in [3.05, 3.63) is 0 Å². The van der Waals surface area contributed by atoms with Crippen LogP contribution in [0.15, 0.2) is 0 Å². The van der Waals surface area contributed by atoms with Crippen molar-refractivity contribution in [1.29, 1.82) is 0 Å². The van der Waals surface area contributed by atoms with E-state index in [2.05, 4.69) is 4.90 Å². The van der Waals surface area contributed by atoms with Gasteiger partial charge in [0.1, 0.15) is 0 Å². The lowest BCUT2D eigenvalue weighted by Crippen LogP contribution is -2.35. The van der Waals surface area contributed by atoms with Crippen molar-refractivity contribution in [3.8, 4) is 0 Å². The molecule has 2 saturated carbocycles. The molecule has 3 fully saturated rings. The molecule has 0 aromatic carbocycles. The molecular formula is C23H43N. The average molecular weight is 334 g/mol. The monoisotopic (exact) mass is 333 g/mol. The molecule has 3 aliphatic rings. The predicted octanol–water partition coefficient (Wildman–Crippen LogP) is 6.81. The summed E-state index contributed by atoms with van der Waals surface area (Å²) in [6.07, 6.45) is 25.8. The van der Waals surface area contributed by atoms with Crippen LogP contribution in [0.5, 0.6) is 0 Å². The lowest BCUT2D eigenvalue weighted by atomic mass is 9.83. The summed E-state index contributed by atoms with van der Waals surface area (Å²) in [5.41, 5.74) is 0. The van der Waals surface area contributed by atoms with Gasteiger partial charge in [0.25, 0.3) is 0 Å². The molecule has 0 aromatic heterocycles. The van der Waals surface area contributed by atoms with Crippen molar-refractivity contribution in [2.45, 2.75) is 109 Å². The minimum Gasteiger partial charge on any atom is -0.303 e. The standard InChI is InChI=1S/C23H43N/c1-2-6-10-21(11-7-3-1)14-17-24-18-15-23(16-19-24)20-22-12-8-4-5-9-13-22/h21-23H,1-20H2. The number of hydrogen-bond acceptors (Lipinski definition) is 1. The Bertz CT molecular complexity index is 302. The summed E-state index contributed by atoms with van der Waals surface area (Å²) < 4.78 is 0. The quantitative estimate of drug-likeness (QED) is 0.499. The number of hydrogen-bond donors (Lipinski definition) is 0. The van der Waals surface area contributed by atoms with Crippen LogP contribution in [0, 0.1) is 17.8 Å². The van der Waals surface area contributed by atoms with Gasteiger partial charge in [-0.3, -0.25) is 0 Å². The summed E-state index contributed by atoms with van der Waals surface area (Å²) in [6.45, 7) is 4.22. The van der Waals surface area contributed by atoms with E-state index in [-0.39, 0.29) is 0 Å². The van der Waals surface area contributed by atoms with Crippen LogP contribution >= 0.6 is 0 Å². The zero-order valence-electron chi connectivity index (χ0n) is 16.3. The molecule has 2 aliphatic carbocycles. The van der Waals surface area contributed by atoms with E-state index in [9.17, 15) is 0 Å². The summed E-state index contributed by atoms with van der Waals surface area (Å²) >= 11 is 0. The van der Waals surface area contributed by atoms with Gasteiger partial charge in [-0.1, -0.05) is 83.5 Å². The maximum absolute atomic E-state index is 2.81. The van der Waals surface area contributed by atoms with Crippen LogP contribution in [0.4, 0.5) is 0 Å². The normalized spacial score (nSPS) is 27.5. The van der Waals surface area contributed by atoms with Crippen LogP contribution in [0.25, 0.3) is 0 Å². The van der Waals surface area contributed by atoms with Gasteiger partial charge in [0.05, 0.1) is 0 Å². The van der Waals surface area contributed by atoms with E-state index >= 15 is 0 Å². The molecule has 1 aliphatic heterocycles. The van der Waals surface area contributed by atoms with Crippen LogP contribution in [0.2, 0.25) is 0 Å². The minimum absolute atomic E-state index is 1.05. The lowest BCUT2D eigenvalue weighted by molar-refractivity contribution is 0.152. The van der Waals surface area contributed by atoms with Crippen molar-refractivity contribution < 1.29 is 0 Å². The predicted molar refractivity (Wildman–Crippen MR) is 105 cm³/mol. The van der Waals surface area contributed by atoms with Crippen molar-refractivity contribution >= 4 is 0 Å². The van der Waals surface area contributed by atoms with E-state index in [1.807, 2.05) is 0 Å². The van der Waals surface area contributed by atoms with Gasteiger partial charge in [0, 0.05) is 0 Å². The fourth-order valence-electron chi connectivity index (χ4n) is 5.71. The summed E-state index contributed by atoms with van der Waals surface area (Å²) in [7, 11) is 0. The van der Waals surface area contributed by atoms with Crippen molar-refractivity contribution in [1.82, 2.24) is 4.90 Å². The Kier molecular flexibility index (Phi) is 8.47. The fraction of sp³-hybridized carbons (Fsp3) is 1.00. The molecule has 0 spiro atoms. The maximum atomic E-state index is 2.81. The van der Waals surface area contributed by atoms with Gasteiger partial charge in [-0.15, -0.1) is 0 Å². The first-order valence-corrected chi connectivity index (χ1v) is 11.6. The Morgan fingerprint density at radius 1 is 0.500 bits per heavy atom. The summed E-state index contributed by atoms with van der Waals surface area (Å²) in [5.74, 6) is 3.19.